The molecule has 1 aliphatic heterocycles. The third-order valence-electron chi connectivity index (χ3n) is 3.49. The number of hydrogen-bond acceptors (Lipinski definition) is 5. The van der Waals surface area contributed by atoms with Crippen LogP contribution in [0.5, 0.6) is 0 Å². The normalized spacial score (nSPS) is 16.3. The highest BCUT2D eigenvalue weighted by molar-refractivity contribution is 5.98. The molecular formula is C15H21ClN2O4. The molecule has 1 amide bonds. The molecule has 0 aromatic heterocycles. The van der Waals surface area contributed by atoms with Crippen molar-refractivity contribution in [1.29, 1.82) is 0 Å². The number of nitrogens with one attached hydrogen (secondary N) is 1. The minimum Gasteiger partial charge on any atom is -0.462 e. The fourth-order valence-electron chi connectivity index (χ4n) is 2.12. The predicted octanol–water partition coefficient (Wildman–Crippen LogP) is 1.73. The van der Waals surface area contributed by atoms with Gasteiger partial charge in [0.2, 0.25) is 5.91 Å². The van der Waals surface area contributed by atoms with E-state index in [-0.39, 0.29) is 24.3 Å². The Kier molecular flexibility index (Phi) is 6.80. The highest BCUT2D eigenvalue weighted by Crippen LogP contribution is 2.20. The molecule has 0 saturated carbocycles. The molecule has 122 valence electrons. The summed E-state index contributed by atoms with van der Waals surface area (Å²) in [6.07, 6.45) is 0.999. The highest BCUT2D eigenvalue weighted by atomic mass is 35.5. The van der Waals surface area contributed by atoms with Gasteiger partial charge in [-0.2, -0.15) is 0 Å². The van der Waals surface area contributed by atoms with Gasteiger partial charge in [0.1, 0.15) is 5.54 Å². The van der Waals surface area contributed by atoms with Crippen LogP contribution >= 0.6 is 12.4 Å². The summed E-state index contributed by atoms with van der Waals surface area (Å²) in [4.78, 5) is 23.8. The summed E-state index contributed by atoms with van der Waals surface area (Å²) in [5, 5.41) is 2.78. The minimum absolute atomic E-state index is 0. The number of esters is 1. The average Bonchev–Trinajstić information content (AvgIpc) is 2.49. The van der Waals surface area contributed by atoms with Crippen LogP contribution in [0.4, 0.5) is 5.69 Å². The molecule has 1 fully saturated rings. The first-order valence-corrected chi connectivity index (χ1v) is 7.00. The maximum atomic E-state index is 12.2. The molecular weight excluding hydrogens is 308 g/mol. The zero-order valence-corrected chi connectivity index (χ0v) is 13.3. The van der Waals surface area contributed by atoms with Gasteiger partial charge in [0.05, 0.1) is 12.2 Å². The molecule has 6 nitrogen and oxygen atoms in total. The summed E-state index contributed by atoms with van der Waals surface area (Å²) in [5.74, 6) is -0.607. The first-order chi connectivity index (χ1) is 10.0. The van der Waals surface area contributed by atoms with Crippen molar-refractivity contribution in [2.75, 3.05) is 25.1 Å². The molecule has 0 bridgehead atoms. The molecule has 0 aliphatic carbocycles. The quantitative estimate of drug-likeness (QED) is 0.821. The van der Waals surface area contributed by atoms with Gasteiger partial charge in [-0.3, -0.25) is 4.79 Å². The van der Waals surface area contributed by atoms with Gasteiger partial charge in [-0.15, -0.1) is 12.4 Å². The van der Waals surface area contributed by atoms with Crippen LogP contribution in [0.1, 0.15) is 30.1 Å². The van der Waals surface area contributed by atoms with Crippen molar-refractivity contribution in [1.82, 2.24) is 0 Å². The smallest absolute Gasteiger partial charge is 0.338 e. The fourth-order valence-corrected chi connectivity index (χ4v) is 2.12. The second kappa shape index (κ2) is 8.12. The van der Waals surface area contributed by atoms with Gasteiger partial charge in [0.25, 0.3) is 0 Å². The molecule has 3 N–H and O–H groups in total. The van der Waals surface area contributed by atoms with Crippen LogP contribution < -0.4 is 11.1 Å². The number of hydrogen-bond donors (Lipinski definition) is 2. The second-order valence-corrected chi connectivity index (χ2v) is 5.02. The second-order valence-electron chi connectivity index (χ2n) is 5.02. The third-order valence-corrected chi connectivity index (χ3v) is 3.49. The molecule has 22 heavy (non-hydrogen) atoms. The van der Waals surface area contributed by atoms with Gasteiger partial charge >= 0.3 is 5.97 Å². The van der Waals surface area contributed by atoms with Crippen molar-refractivity contribution >= 4 is 30.0 Å². The van der Waals surface area contributed by atoms with Crippen LogP contribution in [0, 0.1) is 0 Å². The number of carbonyl (C=O) groups is 2. The topological polar surface area (TPSA) is 90.7 Å². The monoisotopic (exact) mass is 328 g/mol. The summed E-state index contributed by atoms with van der Waals surface area (Å²) >= 11 is 0. The van der Waals surface area contributed by atoms with E-state index in [0.29, 0.717) is 43.9 Å². The van der Waals surface area contributed by atoms with E-state index in [9.17, 15) is 9.59 Å². The van der Waals surface area contributed by atoms with Crippen molar-refractivity contribution in [2.45, 2.75) is 25.3 Å². The van der Waals surface area contributed by atoms with E-state index in [1.807, 2.05) is 0 Å². The molecule has 1 aromatic carbocycles. The van der Waals surface area contributed by atoms with E-state index < -0.39 is 5.54 Å². The van der Waals surface area contributed by atoms with Gasteiger partial charge in [0.15, 0.2) is 0 Å². The Morgan fingerprint density at radius 1 is 1.27 bits per heavy atom. The lowest BCUT2D eigenvalue weighted by molar-refractivity contribution is -0.124. The number of ether oxygens (including phenoxy) is 2. The van der Waals surface area contributed by atoms with E-state index in [2.05, 4.69) is 5.32 Å². The molecule has 0 spiro atoms. The summed E-state index contributed by atoms with van der Waals surface area (Å²) in [6, 6.07) is 6.54. The van der Waals surface area contributed by atoms with Crippen molar-refractivity contribution in [3.05, 3.63) is 29.8 Å². The van der Waals surface area contributed by atoms with Crippen LogP contribution in [0.3, 0.4) is 0 Å². The summed E-state index contributed by atoms with van der Waals surface area (Å²) in [5.41, 5.74) is 6.26. The third kappa shape index (κ3) is 4.43. The number of anilines is 1. The van der Waals surface area contributed by atoms with Crippen LogP contribution in [-0.4, -0.2) is 37.2 Å². The number of amides is 1. The van der Waals surface area contributed by atoms with Gasteiger partial charge in [-0.1, -0.05) is 0 Å². The van der Waals surface area contributed by atoms with Gasteiger partial charge in [0, 0.05) is 18.9 Å². The number of rotatable bonds is 4. The maximum absolute atomic E-state index is 12.2. The number of carbonyl (C=O) groups excluding carboxylic acids is 2. The largest absolute Gasteiger partial charge is 0.462 e. The molecule has 1 aromatic rings. The Hall–Kier alpha value is -1.63. The van der Waals surface area contributed by atoms with E-state index >= 15 is 0 Å². The Morgan fingerprint density at radius 3 is 2.41 bits per heavy atom. The van der Waals surface area contributed by atoms with Crippen LogP contribution in [0.25, 0.3) is 0 Å². The standard InChI is InChI=1S/C15H20N2O4.ClH/c1-2-21-13(18)11-3-5-12(6-4-11)17-14(19)15(16)7-9-20-10-8-15;/h3-6H,2,7-10,16H2,1H3,(H,17,19);1H. The van der Waals surface area contributed by atoms with Crippen LogP contribution in [-0.2, 0) is 14.3 Å². The molecule has 0 atom stereocenters. The lowest BCUT2D eigenvalue weighted by Crippen LogP contribution is -2.54. The summed E-state index contributed by atoms with van der Waals surface area (Å²) < 4.78 is 10.1. The number of benzene rings is 1. The van der Waals surface area contributed by atoms with Crippen molar-refractivity contribution < 1.29 is 19.1 Å². The predicted molar refractivity (Wildman–Crippen MR) is 85.2 cm³/mol. The minimum atomic E-state index is -0.891. The number of halogens is 1. The van der Waals surface area contributed by atoms with E-state index in [1.54, 1.807) is 31.2 Å². The van der Waals surface area contributed by atoms with Gasteiger partial charge in [-0.05, 0) is 44.0 Å². The van der Waals surface area contributed by atoms with Crippen LogP contribution in [0.2, 0.25) is 0 Å². The van der Waals surface area contributed by atoms with E-state index in [4.69, 9.17) is 15.2 Å². The molecule has 1 heterocycles. The lowest BCUT2D eigenvalue weighted by Gasteiger charge is -2.31. The first-order valence-electron chi connectivity index (χ1n) is 7.00. The number of nitrogens with two attached hydrogens (primary N) is 1. The highest BCUT2D eigenvalue weighted by Gasteiger charge is 2.35. The summed E-state index contributed by atoms with van der Waals surface area (Å²) in [6.45, 7) is 3.06. The molecule has 0 radical (unpaired) electrons. The average molecular weight is 329 g/mol. The van der Waals surface area contributed by atoms with Crippen LogP contribution in [0.15, 0.2) is 24.3 Å². The van der Waals surface area contributed by atoms with Gasteiger partial charge in [-0.25, -0.2) is 4.79 Å². The Bertz CT molecular complexity index is 513. The lowest BCUT2D eigenvalue weighted by atomic mass is 9.90. The molecule has 2 rings (SSSR count). The Morgan fingerprint density at radius 2 is 1.86 bits per heavy atom. The summed E-state index contributed by atoms with van der Waals surface area (Å²) in [7, 11) is 0. The zero-order valence-electron chi connectivity index (χ0n) is 12.5. The molecule has 1 aliphatic rings. The zero-order chi connectivity index (χ0) is 15.3. The van der Waals surface area contributed by atoms with E-state index in [1.165, 1.54) is 0 Å². The molecule has 0 unspecified atom stereocenters. The fraction of sp³-hybridized carbons (Fsp3) is 0.467. The SMILES string of the molecule is CCOC(=O)c1ccc(NC(=O)C2(N)CCOCC2)cc1.Cl. The van der Waals surface area contributed by atoms with Crippen molar-refractivity contribution in [3.63, 3.8) is 0 Å². The maximum Gasteiger partial charge on any atom is 0.338 e. The van der Waals surface area contributed by atoms with Crippen molar-refractivity contribution in [3.8, 4) is 0 Å². The molecule has 7 heteroatoms. The molecule has 1 saturated heterocycles. The van der Waals surface area contributed by atoms with Crippen molar-refractivity contribution in [2.24, 2.45) is 5.73 Å². The Balaban J connectivity index is 0.00000242. The Labute approximate surface area is 135 Å². The first kappa shape index (κ1) is 18.4. The van der Waals surface area contributed by atoms with E-state index in [0.717, 1.165) is 0 Å². The van der Waals surface area contributed by atoms with Gasteiger partial charge < -0.3 is 20.5 Å².